The Kier molecular flexibility index (Phi) is 4.27. The van der Waals surface area contributed by atoms with Gasteiger partial charge < -0.3 is 10.2 Å². The highest BCUT2D eigenvalue weighted by molar-refractivity contribution is 5.66. The summed E-state index contributed by atoms with van der Waals surface area (Å²) >= 11 is 0. The number of alkyl halides is 3. The summed E-state index contributed by atoms with van der Waals surface area (Å²) in [4.78, 5) is 4.05. The van der Waals surface area contributed by atoms with Crippen molar-refractivity contribution in [3.05, 3.63) is 59.2 Å². The predicted molar refractivity (Wildman–Crippen MR) is 90.9 cm³/mol. The Morgan fingerprint density at radius 2 is 1.50 bits per heavy atom. The third-order valence-corrected chi connectivity index (χ3v) is 4.13. The van der Waals surface area contributed by atoms with Crippen LogP contribution in [0.15, 0.2) is 42.5 Å². The molecular formula is C18H16F3N3O2. The topological polar surface area (TPSA) is 70.3 Å². The summed E-state index contributed by atoms with van der Waals surface area (Å²) in [6, 6.07) is 10.0. The monoisotopic (exact) mass is 363 g/mol. The molecule has 0 unspecified atom stereocenters. The van der Waals surface area contributed by atoms with Crippen LogP contribution in [0, 0.1) is 13.8 Å². The molecule has 1 aromatic carbocycles. The Hall–Kier alpha value is -3.16. The van der Waals surface area contributed by atoms with E-state index in [1.807, 2.05) is 0 Å². The summed E-state index contributed by atoms with van der Waals surface area (Å²) in [6.45, 7) is 3.22. The van der Waals surface area contributed by atoms with Crippen LogP contribution < -0.4 is 5.43 Å². The molecule has 0 atom stereocenters. The Bertz CT molecular complexity index is 925. The normalized spacial score (nSPS) is 11.6. The summed E-state index contributed by atoms with van der Waals surface area (Å²) in [6.07, 6.45) is -4.57. The van der Waals surface area contributed by atoms with E-state index in [2.05, 4.69) is 10.4 Å². The second kappa shape index (κ2) is 6.29. The standard InChI is InChI=1S/C18H16F3N3O2/c1-10-11(2)17(26)24(16(10)25)23-14-9-8-13(18(19,20)21)15(22-14)12-6-4-3-5-7-12/h3-9,25-26H,1-2H3,(H,22,23). The second-order valence-corrected chi connectivity index (χ2v) is 5.80. The van der Waals surface area contributed by atoms with Crippen LogP contribution >= 0.6 is 0 Å². The molecule has 0 spiro atoms. The Morgan fingerprint density at radius 3 is 2.04 bits per heavy atom. The largest absolute Gasteiger partial charge is 0.493 e. The number of nitrogens with one attached hydrogen (secondary N) is 1. The van der Waals surface area contributed by atoms with E-state index >= 15 is 0 Å². The van der Waals surface area contributed by atoms with Crippen molar-refractivity contribution in [3.63, 3.8) is 0 Å². The van der Waals surface area contributed by atoms with E-state index in [-0.39, 0.29) is 23.3 Å². The van der Waals surface area contributed by atoms with Crippen LogP contribution in [0.5, 0.6) is 11.8 Å². The number of aromatic nitrogens is 2. The first kappa shape index (κ1) is 17.7. The first-order valence-electron chi connectivity index (χ1n) is 7.70. The number of anilines is 1. The summed E-state index contributed by atoms with van der Waals surface area (Å²) in [7, 11) is 0. The highest BCUT2D eigenvalue weighted by Gasteiger charge is 2.34. The lowest BCUT2D eigenvalue weighted by molar-refractivity contribution is -0.137. The van der Waals surface area contributed by atoms with Gasteiger partial charge in [0.1, 0.15) is 5.82 Å². The van der Waals surface area contributed by atoms with E-state index in [1.54, 1.807) is 32.0 Å². The Morgan fingerprint density at radius 1 is 0.923 bits per heavy atom. The molecule has 26 heavy (non-hydrogen) atoms. The molecule has 3 aromatic rings. The third kappa shape index (κ3) is 3.05. The van der Waals surface area contributed by atoms with Gasteiger partial charge in [0.25, 0.3) is 0 Å². The van der Waals surface area contributed by atoms with E-state index < -0.39 is 11.7 Å². The van der Waals surface area contributed by atoms with Crippen molar-refractivity contribution in [2.45, 2.75) is 20.0 Å². The maximum Gasteiger partial charge on any atom is 0.418 e. The fourth-order valence-electron chi connectivity index (χ4n) is 2.56. The quantitative estimate of drug-likeness (QED) is 0.642. The van der Waals surface area contributed by atoms with Crippen molar-refractivity contribution in [2.24, 2.45) is 0 Å². The van der Waals surface area contributed by atoms with Crippen molar-refractivity contribution >= 4 is 5.82 Å². The molecule has 0 saturated carbocycles. The number of halogens is 3. The number of rotatable bonds is 3. The third-order valence-electron chi connectivity index (χ3n) is 4.13. The molecule has 0 amide bonds. The predicted octanol–water partition coefficient (Wildman–Crippen LogP) is 4.47. The molecule has 3 N–H and O–H groups in total. The van der Waals surface area contributed by atoms with Gasteiger partial charge in [-0.25, -0.2) is 4.98 Å². The SMILES string of the molecule is Cc1c(C)c(O)n(Nc2ccc(C(F)(F)F)c(-c3ccccc3)n2)c1O. The summed E-state index contributed by atoms with van der Waals surface area (Å²) in [5.74, 6) is -0.455. The number of nitrogens with zero attached hydrogens (tertiary/aromatic N) is 2. The van der Waals surface area contributed by atoms with Gasteiger partial charge in [0.05, 0.1) is 11.3 Å². The lowest BCUT2D eigenvalue weighted by Gasteiger charge is -2.15. The summed E-state index contributed by atoms with van der Waals surface area (Å²) in [5.41, 5.74) is 2.71. The molecule has 0 aliphatic rings. The van der Waals surface area contributed by atoms with Gasteiger partial charge in [0.15, 0.2) is 0 Å². The molecule has 0 aliphatic heterocycles. The van der Waals surface area contributed by atoms with Crippen LogP contribution in [0.3, 0.4) is 0 Å². The molecule has 2 heterocycles. The van der Waals surface area contributed by atoms with Gasteiger partial charge in [-0.3, -0.25) is 5.43 Å². The van der Waals surface area contributed by atoms with Crippen molar-refractivity contribution < 1.29 is 23.4 Å². The lowest BCUT2D eigenvalue weighted by atomic mass is 10.1. The van der Waals surface area contributed by atoms with Gasteiger partial charge >= 0.3 is 6.18 Å². The van der Waals surface area contributed by atoms with E-state index in [0.29, 0.717) is 16.7 Å². The lowest BCUT2D eigenvalue weighted by Crippen LogP contribution is -2.13. The number of benzene rings is 1. The van der Waals surface area contributed by atoms with E-state index in [9.17, 15) is 23.4 Å². The molecule has 3 rings (SSSR count). The minimum Gasteiger partial charge on any atom is -0.493 e. The van der Waals surface area contributed by atoms with Crippen molar-refractivity contribution in [3.8, 4) is 23.0 Å². The van der Waals surface area contributed by atoms with E-state index in [4.69, 9.17) is 0 Å². The molecule has 8 heteroatoms. The maximum absolute atomic E-state index is 13.3. The fourth-order valence-corrected chi connectivity index (χ4v) is 2.56. The van der Waals surface area contributed by atoms with Gasteiger partial charge in [-0.15, -0.1) is 0 Å². The zero-order valence-corrected chi connectivity index (χ0v) is 14.0. The minimum absolute atomic E-state index is 0.0393. The van der Waals surface area contributed by atoms with Crippen molar-refractivity contribution in [2.75, 3.05) is 5.43 Å². The zero-order chi connectivity index (χ0) is 19.1. The number of aromatic hydroxyl groups is 2. The molecule has 5 nitrogen and oxygen atoms in total. The van der Waals surface area contributed by atoms with Crippen LogP contribution in [0.1, 0.15) is 16.7 Å². The highest BCUT2D eigenvalue weighted by atomic mass is 19.4. The summed E-state index contributed by atoms with van der Waals surface area (Å²) < 4.78 is 41.0. The molecule has 0 radical (unpaired) electrons. The zero-order valence-electron chi connectivity index (χ0n) is 14.0. The minimum atomic E-state index is -4.57. The molecule has 0 fully saturated rings. The fraction of sp³-hybridized carbons (Fsp3) is 0.167. The van der Waals surface area contributed by atoms with Crippen molar-refractivity contribution in [1.82, 2.24) is 9.66 Å². The second-order valence-electron chi connectivity index (χ2n) is 5.80. The van der Waals surface area contributed by atoms with E-state index in [0.717, 1.165) is 16.8 Å². The number of hydrogen-bond donors (Lipinski definition) is 3. The first-order valence-corrected chi connectivity index (χ1v) is 7.70. The average Bonchev–Trinajstić information content (AvgIpc) is 2.79. The summed E-state index contributed by atoms with van der Waals surface area (Å²) in [5, 5.41) is 20.1. The molecule has 136 valence electrons. The van der Waals surface area contributed by atoms with Crippen molar-refractivity contribution in [1.29, 1.82) is 0 Å². The van der Waals surface area contributed by atoms with Gasteiger partial charge in [0, 0.05) is 16.7 Å². The van der Waals surface area contributed by atoms with Gasteiger partial charge in [-0.1, -0.05) is 30.3 Å². The maximum atomic E-state index is 13.3. The average molecular weight is 363 g/mol. The van der Waals surface area contributed by atoms with E-state index in [1.165, 1.54) is 12.1 Å². The highest BCUT2D eigenvalue weighted by Crippen LogP contribution is 2.37. The molecule has 2 aromatic heterocycles. The van der Waals surface area contributed by atoms with Gasteiger partial charge in [-0.05, 0) is 26.0 Å². The molecule has 0 aliphatic carbocycles. The molecule has 0 saturated heterocycles. The van der Waals surface area contributed by atoms with Gasteiger partial charge in [-0.2, -0.15) is 17.8 Å². The van der Waals surface area contributed by atoms with Crippen LogP contribution in [0.25, 0.3) is 11.3 Å². The number of hydrogen-bond acceptors (Lipinski definition) is 4. The van der Waals surface area contributed by atoms with Gasteiger partial charge in [0.2, 0.25) is 11.8 Å². The smallest absolute Gasteiger partial charge is 0.418 e. The van der Waals surface area contributed by atoms with Crippen LogP contribution in [-0.4, -0.2) is 19.9 Å². The first-order chi connectivity index (χ1) is 12.2. The molecule has 0 bridgehead atoms. The Balaban J connectivity index is 2.10. The Labute approximate surface area is 147 Å². The van der Waals surface area contributed by atoms with Crippen LogP contribution in [0.2, 0.25) is 0 Å². The van der Waals surface area contributed by atoms with Crippen LogP contribution in [0.4, 0.5) is 19.0 Å². The number of pyridine rings is 1. The van der Waals surface area contributed by atoms with Crippen LogP contribution in [-0.2, 0) is 6.18 Å². The molecular weight excluding hydrogens is 347 g/mol.